The third-order valence-electron chi connectivity index (χ3n) is 2.31. The van der Waals surface area contributed by atoms with Crippen LogP contribution in [0, 0.1) is 6.92 Å². The Bertz CT molecular complexity index is 489. The van der Waals surface area contributed by atoms with Crippen LogP contribution in [0.25, 0.3) is 0 Å². The van der Waals surface area contributed by atoms with Gasteiger partial charge >= 0.3 is 0 Å². The van der Waals surface area contributed by atoms with Gasteiger partial charge in [-0.1, -0.05) is 0 Å². The number of nitrogens with zero attached hydrogens (tertiary/aromatic N) is 3. The van der Waals surface area contributed by atoms with Crippen molar-refractivity contribution in [2.24, 2.45) is 0 Å². The molecule has 0 aliphatic rings. The van der Waals surface area contributed by atoms with Gasteiger partial charge in [-0.2, -0.15) is 15.0 Å². The number of anilines is 3. The van der Waals surface area contributed by atoms with Gasteiger partial charge in [-0.05, 0) is 30.4 Å². The summed E-state index contributed by atoms with van der Waals surface area (Å²) in [4.78, 5) is 12.9. The highest BCUT2D eigenvalue weighted by atomic mass is 32.1. The molecule has 0 atom stereocenters. The Morgan fingerprint density at radius 1 is 1.24 bits per heavy atom. The average molecular weight is 250 g/mol. The standard InChI is InChI=1S/C10H14N6S/c1-6-7(3-5-17-6)2-4-13-10-15-8(11)14-9(12)16-10/h3,5H,2,4H2,1H3,(H5,11,12,13,14,15,16). The molecule has 17 heavy (non-hydrogen) atoms. The molecule has 0 amide bonds. The van der Waals surface area contributed by atoms with E-state index in [-0.39, 0.29) is 11.9 Å². The third kappa shape index (κ3) is 3.04. The fourth-order valence-corrected chi connectivity index (χ4v) is 2.23. The minimum absolute atomic E-state index is 0.131. The molecule has 0 unspecified atom stereocenters. The molecule has 90 valence electrons. The lowest BCUT2D eigenvalue weighted by Crippen LogP contribution is -2.11. The summed E-state index contributed by atoms with van der Waals surface area (Å²) in [7, 11) is 0. The first-order valence-electron chi connectivity index (χ1n) is 5.19. The van der Waals surface area contributed by atoms with Crippen LogP contribution in [0.15, 0.2) is 11.4 Å². The maximum absolute atomic E-state index is 5.47. The Kier molecular flexibility index (Phi) is 3.38. The monoisotopic (exact) mass is 250 g/mol. The molecule has 0 aliphatic carbocycles. The van der Waals surface area contributed by atoms with Crippen LogP contribution in [-0.2, 0) is 6.42 Å². The van der Waals surface area contributed by atoms with E-state index >= 15 is 0 Å². The number of aryl methyl sites for hydroxylation is 1. The van der Waals surface area contributed by atoms with Crippen molar-refractivity contribution in [3.05, 3.63) is 21.9 Å². The minimum Gasteiger partial charge on any atom is -0.368 e. The van der Waals surface area contributed by atoms with Crippen molar-refractivity contribution >= 4 is 29.2 Å². The van der Waals surface area contributed by atoms with Gasteiger partial charge in [-0.15, -0.1) is 11.3 Å². The number of hydrogen-bond acceptors (Lipinski definition) is 7. The second kappa shape index (κ2) is 4.96. The Hall–Kier alpha value is -1.89. The predicted molar refractivity (Wildman–Crippen MR) is 69.9 cm³/mol. The molecule has 0 radical (unpaired) electrons. The summed E-state index contributed by atoms with van der Waals surface area (Å²) in [5.74, 6) is 0.682. The van der Waals surface area contributed by atoms with E-state index in [4.69, 9.17) is 11.5 Å². The number of hydrogen-bond donors (Lipinski definition) is 3. The van der Waals surface area contributed by atoms with Crippen molar-refractivity contribution in [1.29, 1.82) is 0 Å². The zero-order valence-electron chi connectivity index (χ0n) is 9.47. The van der Waals surface area contributed by atoms with Crippen LogP contribution in [0.2, 0.25) is 0 Å². The largest absolute Gasteiger partial charge is 0.368 e. The minimum atomic E-state index is 0.131. The van der Waals surface area contributed by atoms with E-state index in [1.807, 2.05) is 0 Å². The SMILES string of the molecule is Cc1sccc1CCNc1nc(N)nc(N)n1. The predicted octanol–water partition coefficient (Wildman–Crippen LogP) is 1.06. The van der Waals surface area contributed by atoms with Crippen LogP contribution in [0.4, 0.5) is 17.8 Å². The third-order valence-corrected chi connectivity index (χ3v) is 3.20. The molecule has 2 aromatic heterocycles. The molecule has 7 heteroatoms. The first kappa shape index (κ1) is 11.6. The van der Waals surface area contributed by atoms with Crippen LogP contribution in [0.5, 0.6) is 0 Å². The van der Waals surface area contributed by atoms with Gasteiger partial charge in [-0.25, -0.2) is 0 Å². The van der Waals surface area contributed by atoms with Crippen molar-refractivity contribution in [2.45, 2.75) is 13.3 Å². The second-order valence-corrected chi connectivity index (χ2v) is 4.67. The molecule has 0 saturated heterocycles. The molecule has 0 aromatic carbocycles. The highest BCUT2D eigenvalue weighted by Gasteiger charge is 2.02. The zero-order valence-corrected chi connectivity index (χ0v) is 10.3. The lowest BCUT2D eigenvalue weighted by Gasteiger charge is -2.05. The Morgan fingerprint density at radius 2 is 1.94 bits per heavy atom. The second-order valence-electron chi connectivity index (χ2n) is 3.55. The molecule has 2 aromatic rings. The first-order chi connectivity index (χ1) is 8.15. The highest BCUT2D eigenvalue weighted by Crippen LogP contribution is 2.15. The van der Waals surface area contributed by atoms with Crippen molar-refractivity contribution in [1.82, 2.24) is 15.0 Å². The Morgan fingerprint density at radius 3 is 2.53 bits per heavy atom. The lowest BCUT2D eigenvalue weighted by molar-refractivity contribution is 0.971. The summed E-state index contributed by atoms with van der Waals surface area (Å²) in [6, 6.07) is 2.12. The Labute approximate surface area is 103 Å². The van der Waals surface area contributed by atoms with E-state index in [1.54, 1.807) is 11.3 Å². The summed E-state index contributed by atoms with van der Waals surface area (Å²) in [6.07, 6.45) is 0.917. The maximum Gasteiger partial charge on any atom is 0.229 e. The van der Waals surface area contributed by atoms with Crippen LogP contribution in [0.1, 0.15) is 10.4 Å². The van der Waals surface area contributed by atoms with E-state index in [1.165, 1.54) is 10.4 Å². The molecule has 5 N–H and O–H groups in total. The molecule has 2 heterocycles. The molecule has 0 saturated carbocycles. The van der Waals surface area contributed by atoms with Crippen molar-refractivity contribution in [2.75, 3.05) is 23.3 Å². The van der Waals surface area contributed by atoms with Gasteiger partial charge in [0.1, 0.15) is 0 Å². The number of thiophene rings is 1. The molecular weight excluding hydrogens is 236 g/mol. The molecular formula is C10H14N6S. The van der Waals surface area contributed by atoms with Crippen LogP contribution in [-0.4, -0.2) is 21.5 Å². The molecule has 0 spiro atoms. The van der Waals surface area contributed by atoms with Crippen molar-refractivity contribution in [3.63, 3.8) is 0 Å². The quantitative estimate of drug-likeness (QED) is 0.749. The van der Waals surface area contributed by atoms with Crippen molar-refractivity contribution < 1.29 is 0 Å². The van der Waals surface area contributed by atoms with Gasteiger partial charge in [-0.3, -0.25) is 0 Å². The first-order valence-corrected chi connectivity index (χ1v) is 6.07. The molecule has 6 nitrogen and oxygen atoms in total. The number of aromatic nitrogens is 3. The van der Waals surface area contributed by atoms with E-state index in [2.05, 4.69) is 38.6 Å². The van der Waals surface area contributed by atoms with Crippen LogP contribution >= 0.6 is 11.3 Å². The summed E-state index contributed by atoms with van der Waals surface area (Å²) < 4.78 is 0. The number of nitrogen functional groups attached to an aromatic ring is 2. The lowest BCUT2D eigenvalue weighted by atomic mass is 10.2. The van der Waals surface area contributed by atoms with E-state index in [9.17, 15) is 0 Å². The fraction of sp³-hybridized carbons (Fsp3) is 0.300. The molecule has 0 bridgehead atoms. The van der Waals surface area contributed by atoms with Crippen LogP contribution < -0.4 is 16.8 Å². The van der Waals surface area contributed by atoms with Gasteiger partial charge in [0.2, 0.25) is 17.8 Å². The molecule has 0 fully saturated rings. The summed E-state index contributed by atoms with van der Waals surface area (Å²) in [5.41, 5.74) is 12.3. The normalized spacial score (nSPS) is 10.4. The van der Waals surface area contributed by atoms with E-state index < -0.39 is 0 Å². The summed E-state index contributed by atoms with van der Waals surface area (Å²) in [6.45, 7) is 2.85. The zero-order chi connectivity index (χ0) is 12.3. The van der Waals surface area contributed by atoms with Gasteiger partial charge in [0.25, 0.3) is 0 Å². The topological polar surface area (TPSA) is 103 Å². The highest BCUT2D eigenvalue weighted by molar-refractivity contribution is 7.10. The average Bonchev–Trinajstić information content (AvgIpc) is 2.63. The van der Waals surface area contributed by atoms with Gasteiger partial charge < -0.3 is 16.8 Å². The Balaban J connectivity index is 1.92. The number of nitrogens with two attached hydrogens (primary N) is 2. The van der Waals surface area contributed by atoms with E-state index in [0.717, 1.165) is 13.0 Å². The molecule has 2 rings (SSSR count). The van der Waals surface area contributed by atoms with Gasteiger partial charge in [0, 0.05) is 11.4 Å². The number of nitrogens with one attached hydrogen (secondary N) is 1. The smallest absolute Gasteiger partial charge is 0.229 e. The van der Waals surface area contributed by atoms with E-state index in [0.29, 0.717) is 5.95 Å². The molecule has 0 aliphatic heterocycles. The van der Waals surface area contributed by atoms with Gasteiger partial charge in [0.05, 0.1) is 0 Å². The van der Waals surface area contributed by atoms with Gasteiger partial charge in [0.15, 0.2) is 0 Å². The van der Waals surface area contributed by atoms with Crippen LogP contribution in [0.3, 0.4) is 0 Å². The summed E-state index contributed by atoms with van der Waals surface area (Å²) >= 11 is 1.75. The fourth-order valence-electron chi connectivity index (χ4n) is 1.47. The van der Waals surface area contributed by atoms with Crippen molar-refractivity contribution in [3.8, 4) is 0 Å². The maximum atomic E-state index is 5.47. The summed E-state index contributed by atoms with van der Waals surface area (Å²) in [5, 5.41) is 5.16. The number of rotatable bonds is 4.